The highest BCUT2D eigenvalue weighted by atomic mass is 35.5. The molecule has 0 spiro atoms. The lowest BCUT2D eigenvalue weighted by atomic mass is 10.6. The van der Waals surface area contributed by atoms with Gasteiger partial charge in [0.05, 0.1) is 11.9 Å². The summed E-state index contributed by atoms with van der Waals surface area (Å²) in [5.41, 5.74) is 8.20. The molecular weight excluding hydrogens is 216 g/mol. The molecule has 64 valence electrons. The smallest absolute Gasteiger partial charge is 0.184 e. The minimum Gasteiger partial charge on any atom is -0.375 e. The van der Waals surface area contributed by atoms with Crippen molar-refractivity contribution in [2.75, 3.05) is 0 Å². The van der Waals surface area contributed by atoms with Gasteiger partial charge in [-0.25, -0.2) is 4.98 Å². The molecule has 0 fully saturated rings. The molecule has 1 aromatic rings. The van der Waals surface area contributed by atoms with Crippen molar-refractivity contribution in [1.29, 1.82) is 0 Å². The van der Waals surface area contributed by atoms with Gasteiger partial charge in [-0.1, -0.05) is 11.6 Å². The molecule has 12 heavy (non-hydrogen) atoms. The summed E-state index contributed by atoms with van der Waals surface area (Å²) in [6, 6.07) is 0. The molecule has 0 bridgehead atoms. The number of hydrogen-bond acceptors (Lipinski definition) is 4. The van der Waals surface area contributed by atoms with Crippen LogP contribution in [0.5, 0.6) is 0 Å². The first kappa shape index (κ1) is 9.37. The summed E-state index contributed by atoms with van der Waals surface area (Å²) in [5, 5.41) is 5.59. The van der Waals surface area contributed by atoms with Crippen molar-refractivity contribution in [3.05, 3.63) is 15.5 Å². The molecule has 1 aromatic heterocycles. The number of nitrogens with zero attached hydrogens (tertiary/aromatic N) is 2. The molecule has 0 unspecified atom stereocenters. The van der Waals surface area contributed by atoms with Gasteiger partial charge in [0.15, 0.2) is 9.58 Å². The molecule has 1 rings (SSSR count). The Bertz CT molecular complexity index is 308. The Labute approximate surface area is 83.4 Å². The van der Waals surface area contributed by atoms with E-state index in [1.54, 1.807) is 5.38 Å². The van der Waals surface area contributed by atoms with Crippen LogP contribution in [-0.2, 0) is 0 Å². The molecule has 0 saturated heterocycles. The van der Waals surface area contributed by atoms with Crippen molar-refractivity contribution in [2.45, 2.75) is 0 Å². The SMILES string of the molecule is NC(=S)NN=Cc1csc(Cl)n1. The van der Waals surface area contributed by atoms with Gasteiger partial charge in [-0.3, -0.25) is 5.43 Å². The Hall–Kier alpha value is -0.720. The average Bonchev–Trinajstić information content (AvgIpc) is 2.35. The number of hydrogen-bond donors (Lipinski definition) is 2. The van der Waals surface area contributed by atoms with Crippen LogP contribution < -0.4 is 11.2 Å². The Morgan fingerprint density at radius 3 is 3.17 bits per heavy atom. The largest absolute Gasteiger partial charge is 0.375 e. The highest BCUT2D eigenvalue weighted by Gasteiger charge is 1.94. The van der Waals surface area contributed by atoms with Crippen molar-refractivity contribution in [3.63, 3.8) is 0 Å². The maximum atomic E-state index is 5.58. The second-order valence-corrected chi connectivity index (χ2v) is 3.64. The zero-order chi connectivity index (χ0) is 8.97. The third kappa shape index (κ3) is 3.12. The normalized spacial score (nSPS) is 10.4. The van der Waals surface area contributed by atoms with Gasteiger partial charge < -0.3 is 5.73 Å². The number of rotatable bonds is 2. The van der Waals surface area contributed by atoms with Crippen LogP contribution in [0.15, 0.2) is 10.5 Å². The molecule has 4 nitrogen and oxygen atoms in total. The minimum absolute atomic E-state index is 0.118. The molecule has 7 heteroatoms. The van der Waals surface area contributed by atoms with Gasteiger partial charge in [0, 0.05) is 5.38 Å². The van der Waals surface area contributed by atoms with Crippen molar-refractivity contribution in [2.24, 2.45) is 10.8 Å². The van der Waals surface area contributed by atoms with Gasteiger partial charge in [0.2, 0.25) is 0 Å². The lowest BCUT2D eigenvalue weighted by Gasteiger charge is -1.90. The fourth-order valence-corrected chi connectivity index (χ4v) is 1.26. The van der Waals surface area contributed by atoms with E-state index in [1.807, 2.05) is 0 Å². The maximum Gasteiger partial charge on any atom is 0.184 e. The predicted octanol–water partition coefficient (Wildman–Crippen LogP) is 0.964. The van der Waals surface area contributed by atoms with Crippen molar-refractivity contribution >= 4 is 46.5 Å². The summed E-state index contributed by atoms with van der Waals surface area (Å²) in [6.45, 7) is 0. The number of halogens is 1. The molecule has 0 aromatic carbocycles. The molecule has 0 aliphatic carbocycles. The maximum absolute atomic E-state index is 5.58. The zero-order valence-electron chi connectivity index (χ0n) is 5.82. The van der Waals surface area contributed by atoms with Gasteiger partial charge in [-0.15, -0.1) is 11.3 Å². The average molecular weight is 221 g/mol. The number of nitrogens with two attached hydrogens (primary N) is 1. The van der Waals surface area contributed by atoms with E-state index in [-0.39, 0.29) is 5.11 Å². The second kappa shape index (κ2) is 4.34. The molecule has 0 saturated carbocycles. The summed E-state index contributed by atoms with van der Waals surface area (Å²) >= 11 is 11.4. The highest BCUT2D eigenvalue weighted by Crippen LogP contribution is 2.13. The van der Waals surface area contributed by atoms with Crippen molar-refractivity contribution in [3.8, 4) is 0 Å². The van der Waals surface area contributed by atoms with Gasteiger partial charge in [0.25, 0.3) is 0 Å². The quantitative estimate of drug-likeness (QED) is 0.443. The number of aromatic nitrogens is 1. The molecule has 3 N–H and O–H groups in total. The first-order valence-corrected chi connectivity index (χ1v) is 4.54. The number of thiazole rings is 1. The Morgan fingerprint density at radius 2 is 2.67 bits per heavy atom. The van der Waals surface area contributed by atoms with Crippen LogP contribution in [-0.4, -0.2) is 16.3 Å². The predicted molar refractivity (Wildman–Crippen MR) is 54.6 cm³/mol. The molecule has 1 heterocycles. The third-order valence-corrected chi connectivity index (χ3v) is 1.95. The lowest BCUT2D eigenvalue weighted by Crippen LogP contribution is -2.23. The fraction of sp³-hybridized carbons (Fsp3) is 0. The van der Waals surface area contributed by atoms with E-state index < -0.39 is 0 Å². The highest BCUT2D eigenvalue weighted by molar-refractivity contribution is 7.80. The van der Waals surface area contributed by atoms with E-state index in [0.29, 0.717) is 10.2 Å². The molecule has 0 aliphatic heterocycles. The summed E-state index contributed by atoms with van der Waals surface area (Å²) in [5.74, 6) is 0. The van der Waals surface area contributed by atoms with E-state index in [1.165, 1.54) is 17.6 Å². The van der Waals surface area contributed by atoms with Crippen LogP contribution in [0, 0.1) is 0 Å². The summed E-state index contributed by atoms with van der Waals surface area (Å²) in [6.07, 6.45) is 1.49. The first-order valence-electron chi connectivity index (χ1n) is 2.88. The molecular formula is C5H5ClN4S2. The number of thiocarbonyl (C=S) groups is 1. The van der Waals surface area contributed by atoms with Crippen LogP contribution in [0.3, 0.4) is 0 Å². The van der Waals surface area contributed by atoms with Crippen molar-refractivity contribution < 1.29 is 0 Å². The van der Waals surface area contributed by atoms with Gasteiger partial charge in [0.1, 0.15) is 0 Å². The van der Waals surface area contributed by atoms with E-state index >= 15 is 0 Å². The minimum atomic E-state index is 0.118. The van der Waals surface area contributed by atoms with Crippen LogP contribution >= 0.6 is 35.2 Å². The summed E-state index contributed by atoms with van der Waals surface area (Å²) in [7, 11) is 0. The van der Waals surface area contributed by atoms with Crippen LogP contribution in [0.4, 0.5) is 0 Å². The van der Waals surface area contributed by atoms with Crippen LogP contribution in [0.1, 0.15) is 5.69 Å². The van der Waals surface area contributed by atoms with E-state index in [2.05, 4.69) is 27.7 Å². The summed E-state index contributed by atoms with van der Waals surface area (Å²) < 4.78 is 0.478. The molecule has 0 amide bonds. The van der Waals surface area contributed by atoms with Crippen LogP contribution in [0.2, 0.25) is 4.47 Å². The third-order valence-electron chi connectivity index (χ3n) is 0.865. The lowest BCUT2D eigenvalue weighted by molar-refractivity contribution is 1.04. The molecule has 0 aliphatic rings. The second-order valence-electron chi connectivity index (χ2n) is 1.76. The monoisotopic (exact) mass is 220 g/mol. The van der Waals surface area contributed by atoms with E-state index in [0.717, 1.165) is 0 Å². The Balaban J connectivity index is 2.52. The Kier molecular flexibility index (Phi) is 3.39. The summed E-state index contributed by atoms with van der Waals surface area (Å²) in [4.78, 5) is 3.92. The van der Waals surface area contributed by atoms with Gasteiger partial charge in [-0.05, 0) is 12.2 Å². The Morgan fingerprint density at radius 1 is 1.92 bits per heavy atom. The van der Waals surface area contributed by atoms with E-state index in [4.69, 9.17) is 17.3 Å². The van der Waals surface area contributed by atoms with Gasteiger partial charge in [-0.2, -0.15) is 5.10 Å². The van der Waals surface area contributed by atoms with Gasteiger partial charge >= 0.3 is 0 Å². The molecule has 0 atom stereocenters. The van der Waals surface area contributed by atoms with E-state index in [9.17, 15) is 0 Å². The fourth-order valence-electron chi connectivity index (χ4n) is 0.485. The first-order chi connectivity index (χ1) is 5.68. The number of hydrazone groups is 1. The van der Waals surface area contributed by atoms with Crippen LogP contribution in [0.25, 0.3) is 0 Å². The van der Waals surface area contributed by atoms with Crippen molar-refractivity contribution in [1.82, 2.24) is 10.4 Å². The standard InChI is InChI=1S/C5H5ClN4S2/c6-4-9-3(2-12-4)1-8-10-5(7)11/h1-2H,(H3,7,10,11). The topological polar surface area (TPSA) is 63.3 Å². The zero-order valence-corrected chi connectivity index (χ0v) is 8.21. The number of nitrogens with one attached hydrogen (secondary N) is 1. The molecule has 0 radical (unpaired) electrons.